The first-order valence-corrected chi connectivity index (χ1v) is 11.8. The van der Waals surface area contributed by atoms with Gasteiger partial charge in [-0.2, -0.15) is 0 Å². The van der Waals surface area contributed by atoms with E-state index in [1.54, 1.807) is 4.57 Å². The third-order valence-electron chi connectivity index (χ3n) is 7.15. The van der Waals surface area contributed by atoms with Crippen LogP contribution in [0.2, 0.25) is 0 Å². The lowest BCUT2D eigenvalue weighted by molar-refractivity contribution is -0.0511. The van der Waals surface area contributed by atoms with Crippen LogP contribution < -0.4 is 5.32 Å². The van der Waals surface area contributed by atoms with Crippen LogP contribution in [0, 0.1) is 0 Å². The zero-order chi connectivity index (χ0) is 23.9. The molecule has 35 heavy (non-hydrogen) atoms. The van der Waals surface area contributed by atoms with E-state index >= 15 is 0 Å². The number of rotatable bonds is 5. The molecule has 1 aliphatic heterocycles. The van der Waals surface area contributed by atoms with E-state index < -0.39 is 31.1 Å². The smallest absolute Gasteiger partial charge is 0.167 e. The molecule has 0 spiro atoms. The van der Waals surface area contributed by atoms with Crippen LogP contribution in [0.4, 0.5) is 5.82 Å². The van der Waals surface area contributed by atoms with Gasteiger partial charge in [0, 0.05) is 12.5 Å². The molecule has 2 aromatic heterocycles. The van der Waals surface area contributed by atoms with E-state index in [1.807, 2.05) is 0 Å². The highest BCUT2D eigenvalue weighted by molar-refractivity contribution is 5.82. The molecule has 4 aromatic rings. The molecule has 1 saturated heterocycles. The van der Waals surface area contributed by atoms with Crippen molar-refractivity contribution >= 4 is 17.0 Å². The molecular formula is C26H27N5O4. The number of aromatic nitrogens is 4. The van der Waals surface area contributed by atoms with E-state index in [2.05, 4.69) is 68.8 Å². The highest BCUT2D eigenvalue weighted by Gasteiger charge is 2.44. The number of aliphatic hydroxyl groups excluding tert-OH is 3. The summed E-state index contributed by atoms with van der Waals surface area (Å²) >= 11 is 0. The van der Waals surface area contributed by atoms with E-state index in [4.69, 9.17) is 4.74 Å². The Labute approximate surface area is 202 Å². The second kappa shape index (κ2) is 9.01. The molecule has 6 rings (SSSR count). The van der Waals surface area contributed by atoms with E-state index in [0.29, 0.717) is 23.5 Å². The number of hydrogen-bond acceptors (Lipinski definition) is 8. The topological polar surface area (TPSA) is 126 Å². The van der Waals surface area contributed by atoms with Crippen molar-refractivity contribution in [2.24, 2.45) is 0 Å². The van der Waals surface area contributed by atoms with E-state index in [9.17, 15) is 15.3 Å². The minimum Gasteiger partial charge on any atom is -0.394 e. The van der Waals surface area contributed by atoms with Gasteiger partial charge >= 0.3 is 0 Å². The van der Waals surface area contributed by atoms with Gasteiger partial charge in [0.25, 0.3) is 0 Å². The fourth-order valence-corrected chi connectivity index (χ4v) is 5.34. The van der Waals surface area contributed by atoms with Gasteiger partial charge in [0.05, 0.1) is 12.9 Å². The number of aliphatic hydroxyl groups is 3. The summed E-state index contributed by atoms with van der Waals surface area (Å²) in [5.41, 5.74) is 6.35. The van der Waals surface area contributed by atoms with Crippen molar-refractivity contribution in [3.05, 3.63) is 83.4 Å². The molecule has 1 aliphatic carbocycles. The number of imidazole rings is 1. The molecule has 9 heteroatoms. The average molecular weight is 474 g/mol. The maximum atomic E-state index is 10.5. The molecule has 0 unspecified atom stereocenters. The normalized spacial score (nSPS) is 24.2. The molecule has 3 heterocycles. The van der Waals surface area contributed by atoms with Crippen molar-refractivity contribution < 1.29 is 20.1 Å². The number of aryl methyl sites for hydroxylation is 2. The SMILES string of the molecule is OC[C@H]1O[C@@H](n2cnc3c(NCC4c5ccccc5CCc5ccccc54)ncnc32)[C@H](O)[C@@H]1O. The zero-order valence-electron chi connectivity index (χ0n) is 19.0. The van der Waals surface area contributed by atoms with Gasteiger partial charge in [-0.3, -0.25) is 4.57 Å². The first-order valence-electron chi connectivity index (χ1n) is 11.8. The van der Waals surface area contributed by atoms with Crippen LogP contribution in [-0.4, -0.2) is 66.3 Å². The second-order valence-corrected chi connectivity index (χ2v) is 9.11. The van der Waals surface area contributed by atoms with Crippen molar-refractivity contribution in [1.82, 2.24) is 19.5 Å². The lowest BCUT2D eigenvalue weighted by atomic mass is 9.88. The number of nitrogens with zero attached hydrogens (tertiary/aromatic N) is 4. The monoisotopic (exact) mass is 473 g/mol. The Hall–Kier alpha value is -3.37. The number of nitrogens with one attached hydrogen (secondary N) is 1. The summed E-state index contributed by atoms with van der Waals surface area (Å²) in [5.74, 6) is 0.733. The summed E-state index contributed by atoms with van der Waals surface area (Å²) in [6, 6.07) is 17.2. The standard InChI is InChI=1S/C26H27N5O4/c32-12-20-22(33)23(34)26(35-20)31-14-30-21-24(28-13-29-25(21)31)27-11-19-17-7-3-1-5-15(17)9-10-16-6-2-4-8-18(16)19/h1-8,13-14,19-20,22-23,26,32-34H,9-12H2,(H,27,28,29)/t20-,22-,23-,26-/m1/s1. The van der Waals surface area contributed by atoms with Crippen LogP contribution >= 0.6 is 0 Å². The molecule has 2 aliphatic rings. The Morgan fingerprint density at radius 2 is 1.60 bits per heavy atom. The molecule has 2 aromatic carbocycles. The van der Waals surface area contributed by atoms with Crippen molar-refractivity contribution in [1.29, 1.82) is 0 Å². The van der Waals surface area contributed by atoms with Gasteiger partial charge in [-0.05, 0) is 35.1 Å². The number of fused-ring (bicyclic) bond motifs is 3. The Balaban J connectivity index is 1.32. The summed E-state index contributed by atoms with van der Waals surface area (Å²) in [7, 11) is 0. The second-order valence-electron chi connectivity index (χ2n) is 9.11. The van der Waals surface area contributed by atoms with Crippen molar-refractivity contribution in [2.45, 2.75) is 43.3 Å². The third kappa shape index (κ3) is 3.77. The molecule has 4 atom stereocenters. The number of hydrogen-bond donors (Lipinski definition) is 4. The Morgan fingerprint density at radius 3 is 2.26 bits per heavy atom. The van der Waals surface area contributed by atoms with Gasteiger partial charge in [-0.15, -0.1) is 0 Å². The van der Waals surface area contributed by atoms with Crippen LogP contribution in [0.3, 0.4) is 0 Å². The predicted octanol–water partition coefficient (Wildman–Crippen LogP) is 1.78. The minimum atomic E-state index is -1.21. The Kier molecular flexibility index (Phi) is 5.69. The summed E-state index contributed by atoms with van der Waals surface area (Å²) in [6.07, 6.45) is 0.789. The van der Waals surface area contributed by atoms with Gasteiger partial charge in [0.2, 0.25) is 0 Å². The molecule has 180 valence electrons. The Morgan fingerprint density at radius 1 is 0.914 bits per heavy atom. The molecule has 0 amide bonds. The summed E-state index contributed by atoms with van der Waals surface area (Å²) in [5, 5.41) is 33.5. The van der Waals surface area contributed by atoms with Gasteiger partial charge < -0.3 is 25.4 Å². The minimum absolute atomic E-state index is 0.150. The van der Waals surface area contributed by atoms with Crippen LogP contribution in [0.1, 0.15) is 34.4 Å². The fourth-order valence-electron chi connectivity index (χ4n) is 5.34. The van der Waals surface area contributed by atoms with Gasteiger partial charge in [0.15, 0.2) is 23.2 Å². The van der Waals surface area contributed by atoms with E-state index in [0.717, 1.165) is 12.8 Å². The number of anilines is 1. The maximum Gasteiger partial charge on any atom is 0.167 e. The first kappa shape index (κ1) is 22.1. The molecule has 0 saturated carbocycles. The highest BCUT2D eigenvalue weighted by Crippen LogP contribution is 2.35. The van der Waals surface area contributed by atoms with Crippen LogP contribution in [0.25, 0.3) is 11.2 Å². The largest absolute Gasteiger partial charge is 0.394 e. The number of benzene rings is 2. The molecular weight excluding hydrogens is 446 g/mol. The van der Waals surface area contributed by atoms with Crippen LogP contribution in [-0.2, 0) is 17.6 Å². The molecule has 4 N–H and O–H groups in total. The Bertz CT molecular complexity index is 1310. The van der Waals surface area contributed by atoms with Crippen molar-refractivity contribution in [3.8, 4) is 0 Å². The first-order chi connectivity index (χ1) is 17.2. The average Bonchev–Trinajstić information content (AvgIpc) is 3.39. The van der Waals surface area contributed by atoms with Crippen molar-refractivity contribution in [2.75, 3.05) is 18.5 Å². The lowest BCUT2D eigenvalue weighted by Crippen LogP contribution is -2.33. The van der Waals surface area contributed by atoms with Gasteiger partial charge in [-0.25, -0.2) is 15.0 Å². The summed E-state index contributed by atoms with van der Waals surface area (Å²) in [4.78, 5) is 13.3. The molecule has 1 fully saturated rings. The van der Waals surface area contributed by atoms with Gasteiger partial charge in [-0.1, -0.05) is 48.5 Å². The van der Waals surface area contributed by atoms with Crippen LogP contribution in [0.5, 0.6) is 0 Å². The van der Waals surface area contributed by atoms with Crippen molar-refractivity contribution in [3.63, 3.8) is 0 Å². The number of ether oxygens (including phenoxy) is 1. The maximum absolute atomic E-state index is 10.5. The molecule has 9 nitrogen and oxygen atoms in total. The van der Waals surface area contributed by atoms with E-state index in [1.165, 1.54) is 34.9 Å². The van der Waals surface area contributed by atoms with E-state index in [-0.39, 0.29) is 5.92 Å². The molecule has 0 bridgehead atoms. The molecule has 0 radical (unpaired) electrons. The zero-order valence-corrected chi connectivity index (χ0v) is 19.0. The fraction of sp³-hybridized carbons (Fsp3) is 0.346. The highest BCUT2D eigenvalue weighted by atomic mass is 16.6. The third-order valence-corrected chi connectivity index (χ3v) is 7.15. The lowest BCUT2D eigenvalue weighted by Gasteiger charge is -2.21. The predicted molar refractivity (Wildman–Crippen MR) is 129 cm³/mol. The summed E-state index contributed by atoms with van der Waals surface area (Å²) < 4.78 is 7.24. The summed E-state index contributed by atoms with van der Waals surface area (Å²) in [6.45, 7) is 0.230. The quantitative estimate of drug-likeness (QED) is 0.346. The van der Waals surface area contributed by atoms with Gasteiger partial charge in [0.1, 0.15) is 24.6 Å². The van der Waals surface area contributed by atoms with Crippen LogP contribution in [0.15, 0.2) is 61.2 Å².